The van der Waals surface area contributed by atoms with Crippen LogP contribution in [0.2, 0.25) is 0 Å². The van der Waals surface area contributed by atoms with Crippen molar-refractivity contribution in [3.63, 3.8) is 0 Å². The lowest BCUT2D eigenvalue weighted by Crippen LogP contribution is -2.27. The van der Waals surface area contributed by atoms with Gasteiger partial charge in [0.25, 0.3) is 5.91 Å². The number of esters is 1. The Hall–Kier alpha value is -5.43. The number of carboxylic acid groups (broad SMARTS) is 1. The van der Waals surface area contributed by atoms with Gasteiger partial charge in [-0.15, -0.1) is 0 Å². The topological polar surface area (TPSA) is 204 Å². The first-order chi connectivity index (χ1) is 26.7. The molecule has 0 fully saturated rings. The average molecular weight is 768 g/mol. The number of rotatable bonds is 16. The molecule has 298 valence electrons. The second-order valence-corrected chi connectivity index (χ2v) is 14.6. The van der Waals surface area contributed by atoms with Crippen LogP contribution in [0.15, 0.2) is 18.2 Å². The molecule has 2 unspecified atom stereocenters. The summed E-state index contributed by atoms with van der Waals surface area (Å²) in [5.74, 6) is -3.07. The standard InChI is InChI=1S/C43H53N5O8/c1-8-28-22(3)32-19-34-24(5)30(12-13-38(52)53)41(47-34)31(18-39(54)56-7)42-40(43(55)44-16-14-26(50)10-11-27(51)15-17-49)25(6)35(48-42)21-37-29(9-2)23(4)33(46-37)20-36(28)45-32/h19-21,24,30,45,48-49H,8-18H2,1-7H3,(H,44,55)(H,52,53). The van der Waals surface area contributed by atoms with E-state index in [4.69, 9.17) is 19.8 Å². The van der Waals surface area contributed by atoms with E-state index in [0.29, 0.717) is 40.0 Å². The van der Waals surface area contributed by atoms with Crippen LogP contribution in [-0.4, -0.2) is 79.8 Å². The van der Waals surface area contributed by atoms with Crippen molar-refractivity contribution in [2.75, 3.05) is 20.3 Å². The van der Waals surface area contributed by atoms with E-state index in [1.54, 1.807) is 6.92 Å². The zero-order chi connectivity index (χ0) is 40.8. The Morgan fingerprint density at radius 2 is 1.50 bits per heavy atom. The number of aromatic nitrogens is 4. The molecule has 0 saturated heterocycles. The number of ketones is 2. The zero-order valence-electron chi connectivity index (χ0n) is 33.4. The maximum Gasteiger partial charge on any atom is 0.310 e. The first-order valence-electron chi connectivity index (χ1n) is 19.4. The molecule has 1 amide bonds. The number of nitrogens with zero attached hydrogens (tertiary/aromatic N) is 2. The molecule has 0 radical (unpaired) electrons. The average Bonchev–Trinajstić information content (AvgIpc) is 3.84. The number of nitrogens with one attached hydrogen (secondary N) is 3. The van der Waals surface area contributed by atoms with Gasteiger partial charge in [-0.05, 0) is 86.1 Å². The third-order valence-electron chi connectivity index (χ3n) is 11.2. The SMILES string of the molecule is CCC1=C(C)c2cc3[nH]c(cc4nc(c(CC(=O)OC)c5[nH]c(cc1n2)c(C)c5C(=O)NCCC(=O)CCC(=O)CCO)C(CCC(=O)O)C4C)c(C)c3CC. The molecule has 3 aromatic rings. The molecule has 56 heavy (non-hydrogen) atoms. The first kappa shape index (κ1) is 41.7. The quantitative estimate of drug-likeness (QED) is 0.0973. The number of aromatic amines is 2. The Kier molecular flexibility index (Phi) is 13.4. The third kappa shape index (κ3) is 8.83. The molecule has 5 rings (SSSR count). The van der Waals surface area contributed by atoms with E-state index < -0.39 is 23.8 Å². The zero-order valence-corrected chi connectivity index (χ0v) is 33.4. The fourth-order valence-electron chi connectivity index (χ4n) is 7.89. The number of hydrogen-bond acceptors (Lipinski definition) is 9. The summed E-state index contributed by atoms with van der Waals surface area (Å²) < 4.78 is 5.17. The summed E-state index contributed by atoms with van der Waals surface area (Å²) in [5, 5.41) is 21.6. The summed E-state index contributed by atoms with van der Waals surface area (Å²) in [6.07, 6.45) is 1.38. The lowest BCUT2D eigenvalue weighted by Gasteiger charge is -2.17. The molecule has 8 bridgehead atoms. The highest BCUT2D eigenvalue weighted by Gasteiger charge is 2.34. The number of fused-ring (bicyclic) bond motifs is 8. The largest absolute Gasteiger partial charge is 0.481 e. The number of aryl methyl sites for hydroxylation is 3. The molecule has 0 saturated carbocycles. The van der Waals surface area contributed by atoms with E-state index >= 15 is 0 Å². The van der Waals surface area contributed by atoms with Crippen LogP contribution in [0.3, 0.4) is 0 Å². The van der Waals surface area contributed by atoms with Gasteiger partial charge in [0.15, 0.2) is 0 Å². The fraction of sp³-hybridized carbons (Fsp3) is 0.465. The highest BCUT2D eigenvalue weighted by Crippen LogP contribution is 2.43. The minimum atomic E-state index is -0.960. The normalized spacial score (nSPS) is 15.2. The molecule has 5 N–H and O–H groups in total. The van der Waals surface area contributed by atoms with Crippen LogP contribution < -0.4 is 5.32 Å². The van der Waals surface area contributed by atoms with Crippen LogP contribution >= 0.6 is 0 Å². The van der Waals surface area contributed by atoms with E-state index in [1.165, 1.54) is 7.11 Å². The lowest BCUT2D eigenvalue weighted by atomic mass is 9.85. The number of aliphatic hydroxyl groups excluding tert-OH is 1. The van der Waals surface area contributed by atoms with Crippen LogP contribution in [0.1, 0.15) is 140 Å². The van der Waals surface area contributed by atoms with E-state index in [2.05, 4.69) is 49.0 Å². The second-order valence-electron chi connectivity index (χ2n) is 14.6. The van der Waals surface area contributed by atoms with Gasteiger partial charge in [0, 0.05) is 84.9 Å². The van der Waals surface area contributed by atoms with E-state index in [1.807, 2.05) is 19.1 Å². The predicted molar refractivity (Wildman–Crippen MR) is 214 cm³/mol. The number of H-pyrrole nitrogens is 2. The van der Waals surface area contributed by atoms with Gasteiger partial charge in [0.05, 0.1) is 41.7 Å². The molecule has 5 heterocycles. The van der Waals surface area contributed by atoms with Crippen molar-refractivity contribution in [3.05, 3.63) is 68.8 Å². The molecule has 2 atom stereocenters. The lowest BCUT2D eigenvalue weighted by molar-refractivity contribution is -0.140. The molecular weight excluding hydrogens is 714 g/mol. The minimum Gasteiger partial charge on any atom is -0.481 e. The minimum absolute atomic E-state index is 0.000361. The molecule has 0 aliphatic carbocycles. The van der Waals surface area contributed by atoms with E-state index in [-0.39, 0.29) is 81.1 Å². The predicted octanol–water partition coefficient (Wildman–Crippen LogP) is 6.72. The van der Waals surface area contributed by atoms with E-state index in [9.17, 15) is 29.1 Å². The molecule has 13 heteroatoms. The Bertz CT molecular complexity index is 2260. The third-order valence-corrected chi connectivity index (χ3v) is 11.2. The number of carbonyl (C=O) groups is 5. The van der Waals surface area contributed by atoms with Gasteiger partial charge >= 0.3 is 11.9 Å². The summed E-state index contributed by atoms with van der Waals surface area (Å²) in [4.78, 5) is 81.2. The second kappa shape index (κ2) is 18.0. The molecule has 0 aromatic carbocycles. The number of carbonyl (C=O) groups excluding carboxylic acids is 4. The van der Waals surface area contributed by atoms with Crippen LogP contribution in [0.25, 0.3) is 33.2 Å². The highest BCUT2D eigenvalue weighted by atomic mass is 16.5. The molecule has 3 aromatic heterocycles. The van der Waals surface area contributed by atoms with Crippen molar-refractivity contribution in [3.8, 4) is 0 Å². The number of Topliss-reactive ketones (excluding diaryl/α,β-unsaturated/α-hetero) is 2. The number of methoxy groups -OCH3 is 1. The van der Waals surface area contributed by atoms with E-state index in [0.717, 1.165) is 51.1 Å². The number of hydrogen-bond donors (Lipinski definition) is 5. The number of aliphatic hydroxyl groups is 1. The van der Waals surface area contributed by atoms with Gasteiger partial charge in [-0.1, -0.05) is 20.8 Å². The van der Waals surface area contributed by atoms with Crippen molar-refractivity contribution >= 4 is 62.6 Å². The first-order valence-corrected chi connectivity index (χ1v) is 19.4. The van der Waals surface area contributed by atoms with Gasteiger partial charge in [-0.3, -0.25) is 29.0 Å². The van der Waals surface area contributed by atoms with Crippen LogP contribution in [0, 0.1) is 13.8 Å². The molecule has 0 spiro atoms. The Morgan fingerprint density at radius 3 is 2.14 bits per heavy atom. The smallest absolute Gasteiger partial charge is 0.310 e. The molecule has 2 aliphatic rings. The van der Waals surface area contributed by atoms with Gasteiger partial charge in [0.2, 0.25) is 0 Å². The Labute approximate surface area is 326 Å². The Morgan fingerprint density at radius 1 is 0.821 bits per heavy atom. The van der Waals surface area contributed by atoms with Gasteiger partial charge in [0.1, 0.15) is 11.6 Å². The number of carboxylic acids is 1. The maximum atomic E-state index is 14.3. The maximum absolute atomic E-state index is 14.3. The monoisotopic (exact) mass is 767 g/mol. The fourth-order valence-corrected chi connectivity index (χ4v) is 7.89. The van der Waals surface area contributed by atoms with Crippen molar-refractivity contribution in [1.29, 1.82) is 0 Å². The highest BCUT2D eigenvalue weighted by molar-refractivity contribution is 6.06. The molecule has 2 aliphatic heterocycles. The Balaban J connectivity index is 1.82. The number of allylic oxidation sites excluding steroid dienone is 2. The van der Waals surface area contributed by atoms with Crippen LogP contribution in [0.5, 0.6) is 0 Å². The molecule has 13 nitrogen and oxygen atoms in total. The van der Waals surface area contributed by atoms with Crippen molar-refractivity contribution in [1.82, 2.24) is 25.3 Å². The van der Waals surface area contributed by atoms with Crippen molar-refractivity contribution in [2.45, 2.75) is 111 Å². The summed E-state index contributed by atoms with van der Waals surface area (Å²) in [5.41, 5.74) is 11.1. The van der Waals surface area contributed by atoms with Crippen molar-refractivity contribution < 1.29 is 38.9 Å². The number of ether oxygens (including phenoxy) is 1. The van der Waals surface area contributed by atoms with Gasteiger partial charge in [-0.25, -0.2) is 4.98 Å². The molecular formula is C43H53N5O8. The number of aliphatic carboxylic acids is 1. The summed E-state index contributed by atoms with van der Waals surface area (Å²) in [7, 11) is 1.28. The summed E-state index contributed by atoms with van der Waals surface area (Å²) in [6, 6.07) is 5.98. The van der Waals surface area contributed by atoms with Crippen molar-refractivity contribution in [2.24, 2.45) is 0 Å². The van der Waals surface area contributed by atoms with Crippen LogP contribution in [-0.2, 0) is 36.8 Å². The van der Waals surface area contributed by atoms with Gasteiger partial charge < -0.3 is 30.2 Å². The van der Waals surface area contributed by atoms with Gasteiger partial charge in [-0.2, -0.15) is 0 Å². The number of amides is 1. The summed E-state index contributed by atoms with van der Waals surface area (Å²) in [6.45, 7) is 11.8. The summed E-state index contributed by atoms with van der Waals surface area (Å²) >= 11 is 0. The van der Waals surface area contributed by atoms with Crippen LogP contribution in [0.4, 0.5) is 0 Å².